The maximum absolute atomic E-state index is 11.9. The molecule has 1 fully saturated rings. The first-order valence-corrected chi connectivity index (χ1v) is 7.97. The van der Waals surface area contributed by atoms with Crippen molar-refractivity contribution in [3.8, 4) is 0 Å². The highest BCUT2D eigenvalue weighted by Gasteiger charge is 2.46. The van der Waals surface area contributed by atoms with Crippen LogP contribution < -0.4 is 11.3 Å². The predicted molar refractivity (Wildman–Crippen MR) is 75.4 cm³/mol. The molecule has 13 nitrogen and oxygen atoms in total. The van der Waals surface area contributed by atoms with Crippen LogP contribution in [-0.4, -0.2) is 72.7 Å². The molecule has 0 bridgehead atoms. The number of aromatic amines is 1. The van der Waals surface area contributed by atoms with Gasteiger partial charge in [-0.05, 0) is 0 Å². The third kappa shape index (κ3) is 2.45. The van der Waals surface area contributed by atoms with E-state index in [0.29, 0.717) is 4.57 Å². The number of nitrogen functional groups attached to an aromatic ring is 1. The summed E-state index contributed by atoms with van der Waals surface area (Å²) in [7, 11) is -4.94. The van der Waals surface area contributed by atoms with Crippen LogP contribution in [0.4, 0.5) is 5.95 Å². The minimum Gasteiger partial charge on any atom is -0.394 e. The van der Waals surface area contributed by atoms with E-state index in [2.05, 4.69) is 15.0 Å². The van der Waals surface area contributed by atoms with Crippen molar-refractivity contribution < 1.29 is 33.0 Å². The first kappa shape index (κ1) is 16.7. The zero-order chi connectivity index (χ0) is 17.8. The first-order valence-electron chi connectivity index (χ1n) is 6.52. The Morgan fingerprint density at radius 2 is 1.96 bits per heavy atom. The molecule has 0 unspecified atom stereocenters. The Hall–Kier alpha value is -2.10. The molecule has 0 radical (unpaired) electrons. The number of aliphatic hydroxyl groups is 3. The van der Waals surface area contributed by atoms with E-state index in [4.69, 9.17) is 15.6 Å². The lowest BCUT2D eigenvalue weighted by Crippen LogP contribution is -2.33. The minimum absolute atomic E-state index is 0.373. The van der Waals surface area contributed by atoms with E-state index in [1.165, 1.54) is 0 Å². The molecular formula is C10H13N5O8S. The summed E-state index contributed by atoms with van der Waals surface area (Å²) in [5, 5.41) is 28.0. The van der Waals surface area contributed by atoms with Crippen LogP contribution in [0, 0.1) is 0 Å². The molecule has 1 aliphatic heterocycles. The molecule has 4 atom stereocenters. The summed E-state index contributed by atoms with van der Waals surface area (Å²) in [6.07, 6.45) is -6.06. The maximum Gasteiger partial charge on any atom is 0.328 e. The highest BCUT2D eigenvalue weighted by molar-refractivity contribution is 7.85. The predicted octanol–water partition coefficient (Wildman–Crippen LogP) is -3.44. The molecule has 2 aromatic rings. The Balaban J connectivity index is 2.32. The fourth-order valence-corrected chi connectivity index (χ4v) is 3.13. The second-order valence-electron chi connectivity index (χ2n) is 5.09. The van der Waals surface area contributed by atoms with Crippen molar-refractivity contribution in [2.45, 2.75) is 29.7 Å². The van der Waals surface area contributed by atoms with Crippen molar-refractivity contribution in [3.05, 3.63) is 10.4 Å². The van der Waals surface area contributed by atoms with Gasteiger partial charge < -0.3 is 25.8 Å². The van der Waals surface area contributed by atoms with Crippen LogP contribution in [0.3, 0.4) is 0 Å². The van der Waals surface area contributed by atoms with Crippen molar-refractivity contribution in [3.63, 3.8) is 0 Å². The van der Waals surface area contributed by atoms with E-state index in [1.54, 1.807) is 0 Å². The Morgan fingerprint density at radius 3 is 2.50 bits per heavy atom. The Bertz CT molecular complexity index is 952. The summed E-state index contributed by atoms with van der Waals surface area (Å²) >= 11 is 0. The van der Waals surface area contributed by atoms with Gasteiger partial charge in [-0.1, -0.05) is 0 Å². The Morgan fingerprint density at radius 1 is 1.29 bits per heavy atom. The van der Waals surface area contributed by atoms with E-state index in [1.807, 2.05) is 0 Å². The van der Waals surface area contributed by atoms with Crippen LogP contribution in [-0.2, 0) is 14.9 Å². The Labute approximate surface area is 133 Å². The van der Waals surface area contributed by atoms with Gasteiger partial charge in [-0.15, -0.1) is 0 Å². The fraction of sp³-hybridized carbons (Fsp3) is 0.500. The largest absolute Gasteiger partial charge is 0.394 e. The van der Waals surface area contributed by atoms with Gasteiger partial charge in [0, 0.05) is 0 Å². The number of nitrogens with one attached hydrogen (secondary N) is 1. The smallest absolute Gasteiger partial charge is 0.328 e. The van der Waals surface area contributed by atoms with Crippen molar-refractivity contribution >= 4 is 27.2 Å². The topological polar surface area (TPSA) is 214 Å². The normalized spacial score (nSPS) is 27.8. The van der Waals surface area contributed by atoms with Gasteiger partial charge in [-0.25, -0.2) is 4.98 Å². The van der Waals surface area contributed by atoms with Gasteiger partial charge in [0.25, 0.3) is 10.7 Å². The number of H-pyrrole nitrogens is 1. The molecule has 0 saturated carbocycles. The molecule has 7 N–H and O–H groups in total. The van der Waals surface area contributed by atoms with Gasteiger partial charge in [0.2, 0.25) is 5.95 Å². The standard InChI is InChI=1S/C10H13N5O8S/c11-9-13-6-3(7(19)14-9)12-10(24(20,21)22)15(6)8-5(18)4(17)2(1-16)23-8/h2,4-5,8,16-18H,1H2,(H,20,21,22)(H3,11,13,14,19)/t2-,4-,5-,8-/m1/s1. The molecule has 0 amide bonds. The second kappa shape index (κ2) is 5.47. The molecular weight excluding hydrogens is 350 g/mol. The van der Waals surface area contributed by atoms with E-state index in [9.17, 15) is 28.0 Å². The van der Waals surface area contributed by atoms with Crippen molar-refractivity contribution in [1.82, 2.24) is 19.5 Å². The van der Waals surface area contributed by atoms with Crippen molar-refractivity contribution in [2.75, 3.05) is 12.3 Å². The molecule has 3 heterocycles. The van der Waals surface area contributed by atoms with Crippen LogP contribution in [0.1, 0.15) is 6.23 Å². The summed E-state index contributed by atoms with van der Waals surface area (Å²) in [6, 6.07) is 0. The van der Waals surface area contributed by atoms with E-state index >= 15 is 0 Å². The second-order valence-corrected chi connectivity index (χ2v) is 6.41. The van der Waals surface area contributed by atoms with Crippen LogP contribution in [0.15, 0.2) is 9.95 Å². The van der Waals surface area contributed by atoms with E-state index in [-0.39, 0.29) is 5.95 Å². The number of imidazole rings is 1. The molecule has 1 saturated heterocycles. The molecule has 24 heavy (non-hydrogen) atoms. The number of fused-ring (bicyclic) bond motifs is 1. The van der Waals surface area contributed by atoms with Gasteiger partial charge in [-0.2, -0.15) is 13.4 Å². The quantitative estimate of drug-likeness (QED) is 0.295. The zero-order valence-electron chi connectivity index (χ0n) is 11.8. The average Bonchev–Trinajstić information content (AvgIpc) is 2.98. The lowest BCUT2D eigenvalue weighted by molar-refractivity contribution is -0.0552. The number of hydrogen-bond donors (Lipinski definition) is 6. The number of ether oxygens (including phenoxy) is 1. The highest BCUT2D eigenvalue weighted by atomic mass is 32.2. The average molecular weight is 363 g/mol. The van der Waals surface area contributed by atoms with Gasteiger partial charge in [0.15, 0.2) is 17.4 Å². The lowest BCUT2D eigenvalue weighted by Gasteiger charge is -2.18. The summed E-state index contributed by atoms with van der Waals surface area (Å²) in [4.78, 5) is 21.2. The molecule has 14 heteroatoms. The van der Waals surface area contributed by atoms with Crippen LogP contribution >= 0.6 is 0 Å². The van der Waals surface area contributed by atoms with Crippen molar-refractivity contribution in [2.24, 2.45) is 0 Å². The van der Waals surface area contributed by atoms with E-state index in [0.717, 1.165) is 0 Å². The number of hydrogen-bond acceptors (Lipinski definition) is 10. The molecule has 1 aliphatic rings. The molecule has 0 aromatic carbocycles. The van der Waals surface area contributed by atoms with Gasteiger partial charge >= 0.3 is 10.1 Å². The Kier molecular flexibility index (Phi) is 3.82. The van der Waals surface area contributed by atoms with Crippen LogP contribution in [0.25, 0.3) is 11.2 Å². The minimum atomic E-state index is -4.94. The molecule has 132 valence electrons. The maximum atomic E-state index is 11.9. The number of aromatic nitrogens is 4. The summed E-state index contributed by atoms with van der Waals surface area (Å²) < 4.78 is 38.3. The van der Waals surface area contributed by atoms with Crippen molar-refractivity contribution in [1.29, 1.82) is 0 Å². The number of nitrogens with zero attached hydrogens (tertiary/aromatic N) is 3. The zero-order valence-corrected chi connectivity index (χ0v) is 12.6. The highest BCUT2D eigenvalue weighted by Crippen LogP contribution is 2.33. The monoisotopic (exact) mass is 363 g/mol. The number of anilines is 1. The fourth-order valence-electron chi connectivity index (χ4n) is 2.49. The van der Waals surface area contributed by atoms with Gasteiger partial charge in [0.1, 0.15) is 18.3 Å². The van der Waals surface area contributed by atoms with Gasteiger partial charge in [-0.3, -0.25) is 18.9 Å². The van der Waals surface area contributed by atoms with Crippen LogP contribution in [0.2, 0.25) is 0 Å². The molecule has 0 aliphatic carbocycles. The number of rotatable bonds is 3. The first-order chi connectivity index (χ1) is 11.1. The molecule has 2 aromatic heterocycles. The lowest BCUT2D eigenvalue weighted by atomic mass is 10.1. The SMILES string of the molecule is Nc1nc2c(nc(S(=O)(=O)O)n2[C@@H]2O[C@H](CO)[C@@H](O)[C@H]2O)c(=O)[nH]1. The summed E-state index contributed by atoms with van der Waals surface area (Å²) in [5.74, 6) is -0.373. The third-order valence-corrected chi connectivity index (χ3v) is 4.29. The van der Waals surface area contributed by atoms with E-state index < -0.39 is 63.1 Å². The number of nitrogens with two attached hydrogens (primary N) is 1. The van der Waals surface area contributed by atoms with Gasteiger partial charge in [0.05, 0.1) is 6.61 Å². The summed E-state index contributed by atoms with van der Waals surface area (Å²) in [5.41, 5.74) is 3.66. The van der Waals surface area contributed by atoms with Crippen LogP contribution in [0.5, 0.6) is 0 Å². The molecule has 3 rings (SSSR count). The number of aliphatic hydroxyl groups excluding tert-OH is 3. The third-order valence-electron chi connectivity index (χ3n) is 3.54. The summed E-state index contributed by atoms with van der Waals surface area (Å²) in [6.45, 7) is -0.668. The molecule has 0 spiro atoms.